The molecule has 2 aliphatic heterocycles. The lowest BCUT2D eigenvalue weighted by atomic mass is 9.93. The van der Waals surface area contributed by atoms with Crippen molar-refractivity contribution in [2.24, 2.45) is 4.99 Å². The van der Waals surface area contributed by atoms with Gasteiger partial charge in [-0.2, -0.15) is 0 Å². The van der Waals surface area contributed by atoms with E-state index in [1.165, 1.54) is 16.7 Å². The summed E-state index contributed by atoms with van der Waals surface area (Å²) in [6.45, 7) is 4.43. The van der Waals surface area contributed by atoms with Crippen molar-refractivity contribution in [1.29, 1.82) is 0 Å². The smallest absolute Gasteiger partial charge is 0.338 e. The predicted molar refractivity (Wildman–Crippen MR) is 160 cm³/mol. The lowest BCUT2D eigenvalue weighted by Crippen LogP contribution is -2.41. The third-order valence-electron chi connectivity index (χ3n) is 7.42. The van der Waals surface area contributed by atoms with Crippen molar-refractivity contribution in [1.82, 2.24) is 4.57 Å². The van der Waals surface area contributed by atoms with E-state index in [4.69, 9.17) is 9.73 Å². The molecule has 0 saturated carbocycles. The van der Waals surface area contributed by atoms with E-state index in [-0.39, 0.29) is 22.6 Å². The van der Waals surface area contributed by atoms with Crippen LogP contribution in [0.4, 0.5) is 10.1 Å². The fraction of sp³-hybridized carbons (Fsp3) is 0.212. The van der Waals surface area contributed by atoms with Gasteiger partial charge < -0.3 is 9.64 Å². The molecule has 0 radical (unpaired) electrons. The molecule has 2 aliphatic rings. The highest BCUT2D eigenvalue weighted by molar-refractivity contribution is 7.07. The molecule has 3 aromatic carbocycles. The van der Waals surface area contributed by atoms with E-state index in [9.17, 15) is 18.8 Å². The van der Waals surface area contributed by atoms with Crippen LogP contribution >= 0.6 is 11.3 Å². The van der Waals surface area contributed by atoms with Crippen molar-refractivity contribution < 1.29 is 18.7 Å². The quantitative estimate of drug-likeness (QED) is 0.299. The number of unbranched alkanes of at least 4 members (excludes halogenated alkanes) is 1. The molecule has 7 nitrogen and oxygen atoms in total. The van der Waals surface area contributed by atoms with E-state index in [2.05, 4.69) is 6.92 Å². The van der Waals surface area contributed by atoms with Crippen molar-refractivity contribution in [3.05, 3.63) is 127 Å². The molecule has 0 aliphatic carbocycles. The molecule has 0 fully saturated rings. The molecule has 1 amide bonds. The molecule has 0 saturated heterocycles. The highest BCUT2D eigenvalue weighted by Crippen LogP contribution is 2.37. The van der Waals surface area contributed by atoms with Gasteiger partial charge in [-0.15, -0.1) is 0 Å². The molecule has 0 N–H and O–H groups in total. The Morgan fingerprint density at radius 3 is 2.40 bits per heavy atom. The first-order valence-corrected chi connectivity index (χ1v) is 14.7. The van der Waals surface area contributed by atoms with Crippen LogP contribution in [0.1, 0.15) is 49.4 Å². The lowest BCUT2D eigenvalue weighted by Gasteiger charge is -2.25. The predicted octanol–water partition coefficient (Wildman–Crippen LogP) is 4.59. The summed E-state index contributed by atoms with van der Waals surface area (Å²) >= 11 is 1.12. The van der Waals surface area contributed by atoms with Gasteiger partial charge in [0.2, 0.25) is 0 Å². The Morgan fingerprint density at radius 1 is 0.976 bits per heavy atom. The molecule has 3 heterocycles. The number of fused-ring (bicyclic) bond motifs is 2. The third-order valence-corrected chi connectivity index (χ3v) is 8.47. The van der Waals surface area contributed by atoms with E-state index in [1.807, 2.05) is 54.6 Å². The monoisotopic (exact) mass is 581 g/mol. The first-order chi connectivity index (χ1) is 20.4. The summed E-state index contributed by atoms with van der Waals surface area (Å²) < 4.78 is 21.2. The molecule has 6 rings (SSSR count). The number of benzene rings is 3. The Labute approximate surface area is 245 Å². The number of rotatable bonds is 7. The highest BCUT2D eigenvalue weighted by atomic mass is 32.1. The van der Waals surface area contributed by atoms with Gasteiger partial charge in [-0.1, -0.05) is 85.3 Å². The van der Waals surface area contributed by atoms with Gasteiger partial charge in [0.25, 0.3) is 11.5 Å². The molecule has 42 heavy (non-hydrogen) atoms. The number of thiazole rings is 1. The van der Waals surface area contributed by atoms with E-state index in [0.717, 1.165) is 29.9 Å². The fourth-order valence-corrected chi connectivity index (χ4v) is 6.58. The number of ether oxygens (including phenoxy) is 1. The largest absolute Gasteiger partial charge is 0.463 e. The zero-order valence-corrected chi connectivity index (χ0v) is 24.0. The molecule has 0 unspecified atom stereocenters. The van der Waals surface area contributed by atoms with Gasteiger partial charge >= 0.3 is 5.97 Å². The molecular formula is C33H28FN3O4S. The fourth-order valence-electron chi connectivity index (χ4n) is 5.49. The first kappa shape index (κ1) is 27.5. The SMILES string of the molecule is CCCCN1C(=O)/C(=c2/sc3n(c2=O)[C@H](c2ccc(F)cc2)C(C(=O)OCC)=C(c2ccccc2)N=3)c2ccccc21. The number of para-hydroxylation sites is 1. The van der Waals surface area contributed by atoms with Crippen LogP contribution in [0.5, 0.6) is 0 Å². The number of hydrogen-bond donors (Lipinski definition) is 0. The standard InChI is InChI=1S/C33H28FN3O4S/c1-3-5-19-36-24-14-10-9-13-23(24)25(30(36)38)29-31(39)37-28(21-15-17-22(34)18-16-21)26(32(40)41-4-2)27(35-33(37)42-29)20-11-7-6-8-12-20/h6-18,28H,3-5,19H2,1-2H3/b29-25+/t28-/m1/s1. The summed E-state index contributed by atoms with van der Waals surface area (Å²) in [6, 6.07) is 21.4. The highest BCUT2D eigenvalue weighted by Gasteiger charge is 2.38. The molecule has 0 bridgehead atoms. The molecule has 1 atom stereocenters. The van der Waals surface area contributed by atoms with Gasteiger partial charge in [-0.3, -0.25) is 14.2 Å². The molecule has 212 valence electrons. The maximum Gasteiger partial charge on any atom is 0.338 e. The third kappa shape index (κ3) is 4.59. The van der Waals surface area contributed by atoms with Gasteiger partial charge in [0.15, 0.2) is 4.80 Å². The van der Waals surface area contributed by atoms with Crippen LogP contribution in [0.3, 0.4) is 0 Å². The molecule has 4 aromatic rings. The van der Waals surface area contributed by atoms with Crippen LogP contribution in [-0.4, -0.2) is 29.6 Å². The van der Waals surface area contributed by atoms with Crippen molar-refractivity contribution in [3.63, 3.8) is 0 Å². The summed E-state index contributed by atoms with van der Waals surface area (Å²) in [4.78, 5) is 48.7. The average Bonchev–Trinajstić information content (AvgIpc) is 3.48. The second-order valence-corrected chi connectivity index (χ2v) is 11.0. The number of halogens is 1. The van der Waals surface area contributed by atoms with E-state index in [0.29, 0.717) is 39.3 Å². The van der Waals surface area contributed by atoms with E-state index in [1.54, 1.807) is 24.0 Å². The number of carbonyl (C=O) groups is 2. The molecule has 1 aromatic heterocycles. The lowest BCUT2D eigenvalue weighted by molar-refractivity contribution is -0.138. The number of nitrogens with zero attached hydrogens (tertiary/aromatic N) is 3. The summed E-state index contributed by atoms with van der Waals surface area (Å²) in [5.41, 5.74) is 3.05. The second kappa shape index (κ2) is 11.3. The number of carbonyl (C=O) groups excluding carboxylic acids is 2. The van der Waals surface area contributed by atoms with Crippen molar-refractivity contribution >= 4 is 40.2 Å². The Kier molecular flexibility index (Phi) is 7.43. The van der Waals surface area contributed by atoms with E-state index >= 15 is 0 Å². The first-order valence-electron chi connectivity index (χ1n) is 13.9. The van der Waals surface area contributed by atoms with Crippen molar-refractivity contribution in [2.75, 3.05) is 18.1 Å². The summed E-state index contributed by atoms with van der Waals surface area (Å²) in [7, 11) is 0. The van der Waals surface area contributed by atoms with Crippen LogP contribution in [0, 0.1) is 5.82 Å². The Hall–Kier alpha value is -4.63. The van der Waals surface area contributed by atoms with Crippen molar-refractivity contribution in [3.8, 4) is 0 Å². The minimum Gasteiger partial charge on any atom is -0.463 e. The van der Waals surface area contributed by atoms with Crippen LogP contribution in [0.15, 0.2) is 94.2 Å². The van der Waals surface area contributed by atoms with Gasteiger partial charge in [0, 0.05) is 17.7 Å². The summed E-state index contributed by atoms with van der Waals surface area (Å²) in [6.07, 6.45) is 1.74. The maximum atomic E-state index is 14.4. The van der Waals surface area contributed by atoms with E-state index < -0.39 is 23.4 Å². The average molecular weight is 582 g/mol. The van der Waals surface area contributed by atoms with Gasteiger partial charge in [0.1, 0.15) is 10.3 Å². The number of aromatic nitrogens is 1. The van der Waals surface area contributed by atoms with Gasteiger partial charge in [-0.05, 0) is 37.1 Å². The Balaban J connectivity index is 1.68. The van der Waals surface area contributed by atoms with Crippen LogP contribution < -0.4 is 19.8 Å². The number of esters is 1. The number of hydrogen-bond acceptors (Lipinski definition) is 6. The summed E-state index contributed by atoms with van der Waals surface area (Å²) in [5.74, 6) is -1.31. The van der Waals surface area contributed by atoms with Gasteiger partial charge in [0.05, 0.1) is 35.2 Å². The van der Waals surface area contributed by atoms with Crippen LogP contribution in [0.2, 0.25) is 0 Å². The topological polar surface area (TPSA) is 81.0 Å². The van der Waals surface area contributed by atoms with Crippen LogP contribution in [0.25, 0.3) is 11.3 Å². The summed E-state index contributed by atoms with van der Waals surface area (Å²) in [5, 5.41) is 0. The number of anilines is 1. The normalized spacial score (nSPS) is 17.2. The zero-order valence-electron chi connectivity index (χ0n) is 23.2. The minimum atomic E-state index is -0.951. The minimum absolute atomic E-state index is 0.119. The molecular weight excluding hydrogens is 553 g/mol. The molecule has 9 heteroatoms. The maximum absolute atomic E-state index is 14.4. The van der Waals surface area contributed by atoms with Gasteiger partial charge in [-0.25, -0.2) is 14.2 Å². The number of amides is 1. The zero-order chi connectivity index (χ0) is 29.4. The Morgan fingerprint density at radius 2 is 1.69 bits per heavy atom. The van der Waals surface area contributed by atoms with Crippen molar-refractivity contribution in [2.45, 2.75) is 32.7 Å². The second-order valence-electron chi connectivity index (χ2n) is 10.0. The molecule has 0 spiro atoms. The van der Waals surface area contributed by atoms with Crippen LogP contribution in [-0.2, 0) is 14.3 Å². The Bertz CT molecular complexity index is 1910.